The van der Waals surface area contributed by atoms with E-state index in [4.69, 9.17) is 16.7 Å². The smallest absolute Gasteiger partial charge is 0.306 e. The molecule has 0 atom stereocenters. The van der Waals surface area contributed by atoms with Crippen molar-refractivity contribution in [3.8, 4) is 11.3 Å². The number of likely N-dealkylation sites (N-methyl/N-ethyl adjacent to an activating group) is 1. The van der Waals surface area contributed by atoms with Gasteiger partial charge in [-0.3, -0.25) is 9.25 Å². The zero-order valence-corrected chi connectivity index (χ0v) is 26.5. The number of sulfonamides is 1. The third kappa shape index (κ3) is 6.51. The van der Waals surface area contributed by atoms with Gasteiger partial charge in [-0.05, 0) is 75.9 Å². The van der Waals surface area contributed by atoms with Gasteiger partial charge in [-0.15, -0.1) is 0 Å². The van der Waals surface area contributed by atoms with E-state index < -0.39 is 10.0 Å². The molecule has 0 saturated carbocycles. The number of nitrogens with zero attached hydrogens (tertiary/aromatic N) is 5. The van der Waals surface area contributed by atoms with Gasteiger partial charge >= 0.3 is 5.69 Å². The van der Waals surface area contributed by atoms with Gasteiger partial charge in [0.2, 0.25) is 10.0 Å². The molecule has 1 aliphatic heterocycles. The molecule has 1 aliphatic rings. The molecule has 42 heavy (non-hydrogen) atoms. The summed E-state index contributed by atoms with van der Waals surface area (Å²) in [5.74, 6) is 0. The van der Waals surface area contributed by atoms with E-state index in [9.17, 15) is 13.2 Å². The molecule has 3 heterocycles. The number of piperidine rings is 1. The lowest BCUT2D eigenvalue weighted by atomic mass is 10.0. The minimum atomic E-state index is -3.28. The highest BCUT2D eigenvalue weighted by atomic mass is 35.5. The number of H-pyrrole nitrogens is 1. The fourth-order valence-electron chi connectivity index (χ4n) is 6.20. The third-order valence-electron chi connectivity index (χ3n) is 8.59. The summed E-state index contributed by atoms with van der Waals surface area (Å²) in [5, 5.41) is 5.74. The molecule has 0 unspecified atom stereocenters. The molecule has 4 aromatic rings. The van der Waals surface area contributed by atoms with Crippen molar-refractivity contribution in [3.63, 3.8) is 0 Å². The van der Waals surface area contributed by atoms with Crippen molar-refractivity contribution in [2.24, 2.45) is 0 Å². The molecule has 11 heteroatoms. The summed E-state index contributed by atoms with van der Waals surface area (Å²) in [6, 6.07) is 14.0. The van der Waals surface area contributed by atoms with Gasteiger partial charge in [0.25, 0.3) is 0 Å². The predicted molar refractivity (Wildman–Crippen MR) is 170 cm³/mol. The van der Waals surface area contributed by atoms with Gasteiger partial charge in [0, 0.05) is 60.6 Å². The molecule has 0 bridgehead atoms. The summed E-state index contributed by atoms with van der Waals surface area (Å²) in [6.45, 7) is 10.4. The number of hydrogen-bond acceptors (Lipinski definition) is 5. The molecule has 0 radical (unpaired) electrons. The number of benzene rings is 2. The molecule has 0 amide bonds. The predicted octanol–water partition coefficient (Wildman–Crippen LogP) is 5.01. The van der Waals surface area contributed by atoms with Crippen LogP contribution in [0.15, 0.2) is 47.3 Å². The molecule has 0 aliphatic carbocycles. The fraction of sp³-hybridized carbons (Fsp3) is 0.484. The van der Waals surface area contributed by atoms with E-state index in [2.05, 4.69) is 27.6 Å². The van der Waals surface area contributed by atoms with Crippen molar-refractivity contribution in [1.29, 1.82) is 0 Å². The number of imidazole rings is 1. The average molecular weight is 613 g/mol. The topological polar surface area (TPSA) is 96.2 Å². The first kappa shape index (κ1) is 30.5. The minimum Gasteiger partial charge on any atom is -0.306 e. The lowest BCUT2D eigenvalue weighted by Gasteiger charge is -2.32. The van der Waals surface area contributed by atoms with Crippen LogP contribution in [0.25, 0.3) is 22.3 Å². The highest BCUT2D eigenvalue weighted by Gasteiger charge is 2.24. The molecule has 2 aromatic carbocycles. The lowest BCUT2D eigenvalue weighted by Crippen LogP contribution is -2.37. The molecular formula is C31H41ClN6O3S. The molecular weight excluding hydrogens is 572 g/mol. The van der Waals surface area contributed by atoms with Crippen molar-refractivity contribution >= 4 is 32.7 Å². The largest absolute Gasteiger partial charge is 0.326 e. The molecule has 5 rings (SSSR count). The van der Waals surface area contributed by atoms with Crippen LogP contribution in [0.3, 0.4) is 0 Å². The van der Waals surface area contributed by atoms with E-state index in [0.29, 0.717) is 24.5 Å². The molecule has 9 nitrogen and oxygen atoms in total. The fourth-order valence-corrected chi connectivity index (χ4v) is 7.21. The third-order valence-corrected chi connectivity index (χ3v) is 10.4. The Balaban J connectivity index is 1.26. The Hall–Kier alpha value is -2.92. The Labute approximate surface area is 253 Å². The monoisotopic (exact) mass is 612 g/mol. The first-order valence-electron chi connectivity index (χ1n) is 14.8. The van der Waals surface area contributed by atoms with E-state index >= 15 is 0 Å². The maximum absolute atomic E-state index is 12.6. The second-order valence-electron chi connectivity index (χ2n) is 11.3. The van der Waals surface area contributed by atoms with Crippen LogP contribution in [0.2, 0.25) is 5.02 Å². The van der Waals surface area contributed by atoms with Crippen LogP contribution in [0.1, 0.15) is 49.0 Å². The van der Waals surface area contributed by atoms with Gasteiger partial charge < -0.3 is 9.88 Å². The summed E-state index contributed by atoms with van der Waals surface area (Å²) in [7, 11) is -3.28. The van der Waals surface area contributed by atoms with Crippen LogP contribution < -0.4 is 5.69 Å². The normalized spacial score (nSPS) is 15.3. The second kappa shape index (κ2) is 12.8. The molecule has 1 saturated heterocycles. The summed E-state index contributed by atoms with van der Waals surface area (Å²) in [5.41, 5.74) is 6.86. The van der Waals surface area contributed by atoms with Crippen LogP contribution in [0.4, 0.5) is 0 Å². The van der Waals surface area contributed by atoms with E-state index in [1.54, 1.807) is 0 Å². The Morgan fingerprint density at radius 3 is 2.52 bits per heavy atom. The van der Waals surface area contributed by atoms with E-state index in [0.717, 1.165) is 84.6 Å². The van der Waals surface area contributed by atoms with Crippen LogP contribution in [0.5, 0.6) is 0 Å². The highest BCUT2D eigenvalue weighted by Crippen LogP contribution is 2.30. The van der Waals surface area contributed by atoms with Gasteiger partial charge in [0.1, 0.15) is 0 Å². The maximum Gasteiger partial charge on any atom is 0.326 e. The zero-order valence-electron chi connectivity index (χ0n) is 24.9. The number of rotatable bonds is 11. The SMILES string of the molecule is CCN(CCc1c(-c2ccc(Cl)c(C)c2)nn(CCCN2CCC(n3c(=O)[nH]c4ccccc43)CC2)c1C)S(C)(=O)=O. The Morgan fingerprint density at radius 1 is 1.10 bits per heavy atom. The van der Waals surface area contributed by atoms with Crippen LogP contribution in [-0.2, 0) is 23.0 Å². The van der Waals surface area contributed by atoms with E-state index in [-0.39, 0.29) is 11.7 Å². The summed E-state index contributed by atoms with van der Waals surface area (Å²) in [4.78, 5) is 18.1. The number of aryl methyl sites for hydroxylation is 2. The summed E-state index contributed by atoms with van der Waals surface area (Å²) >= 11 is 6.31. The van der Waals surface area contributed by atoms with Crippen molar-refractivity contribution < 1.29 is 8.42 Å². The number of likely N-dealkylation sites (tertiary alicyclic amines) is 1. The lowest BCUT2D eigenvalue weighted by molar-refractivity contribution is 0.182. The number of aromatic nitrogens is 4. The minimum absolute atomic E-state index is 0.0232. The number of para-hydroxylation sites is 2. The van der Waals surface area contributed by atoms with Crippen molar-refractivity contribution in [3.05, 3.63) is 74.8 Å². The number of fused-ring (bicyclic) bond motifs is 1. The molecule has 1 N–H and O–H groups in total. The summed E-state index contributed by atoms with van der Waals surface area (Å²) in [6.07, 6.45) is 4.69. The summed E-state index contributed by atoms with van der Waals surface area (Å²) < 4.78 is 30.0. The van der Waals surface area contributed by atoms with Crippen molar-refractivity contribution in [1.82, 2.24) is 28.5 Å². The maximum atomic E-state index is 12.6. The van der Waals surface area contributed by atoms with Crippen LogP contribution >= 0.6 is 11.6 Å². The number of halogens is 1. The molecule has 2 aromatic heterocycles. The standard InChI is InChI=1S/C31H41ClN6O3S/c1-5-36(42(4,40)41)20-15-26-23(3)37(34-30(26)24-11-12-27(32)22(2)21-24)17-8-16-35-18-13-25(14-19-35)38-29-10-7-6-9-28(29)33-31(38)39/h6-7,9-12,21,25H,5,8,13-20H2,1-4H3,(H,33,39). The number of aromatic amines is 1. The molecule has 0 spiro atoms. The van der Waals surface area contributed by atoms with Gasteiger partial charge in [-0.2, -0.15) is 5.10 Å². The highest BCUT2D eigenvalue weighted by molar-refractivity contribution is 7.88. The van der Waals surface area contributed by atoms with Crippen LogP contribution in [0, 0.1) is 13.8 Å². The number of nitrogens with one attached hydrogen (secondary N) is 1. The van der Waals surface area contributed by atoms with Crippen molar-refractivity contribution in [2.75, 3.05) is 39.0 Å². The molecule has 1 fully saturated rings. The van der Waals surface area contributed by atoms with Gasteiger partial charge in [-0.1, -0.05) is 36.7 Å². The zero-order chi connectivity index (χ0) is 30.0. The van der Waals surface area contributed by atoms with Gasteiger partial charge in [0.15, 0.2) is 0 Å². The number of hydrogen-bond donors (Lipinski definition) is 1. The van der Waals surface area contributed by atoms with Crippen LogP contribution in [-0.4, -0.2) is 75.9 Å². The Bertz CT molecular complexity index is 1720. The first-order chi connectivity index (χ1) is 20.1. The Kier molecular flexibility index (Phi) is 9.27. The average Bonchev–Trinajstić information content (AvgIpc) is 3.46. The first-order valence-corrected chi connectivity index (χ1v) is 17.0. The van der Waals surface area contributed by atoms with E-state index in [1.165, 1.54) is 10.6 Å². The van der Waals surface area contributed by atoms with E-state index in [1.807, 2.05) is 54.8 Å². The van der Waals surface area contributed by atoms with Gasteiger partial charge in [-0.25, -0.2) is 17.5 Å². The second-order valence-corrected chi connectivity index (χ2v) is 13.7. The molecule has 226 valence electrons. The quantitative estimate of drug-likeness (QED) is 0.257. The van der Waals surface area contributed by atoms with Gasteiger partial charge in [0.05, 0.1) is 23.0 Å². The van der Waals surface area contributed by atoms with Crippen molar-refractivity contribution in [2.45, 2.75) is 59.0 Å². The Morgan fingerprint density at radius 2 is 1.83 bits per heavy atom.